The number of allylic oxidation sites excluding steroid dienone is 1. The third-order valence-corrected chi connectivity index (χ3v) is 4.31. The summed E-state index contributed by atoms with van der Waals surface area (Å²) < 4.78 is 5.76. The van der Waals surface area contributed by atoms with Gasteiger partial charge in [-0.1, -0.05) is 12.2 Å². The highest BCUT2D eigenvalue weighted by Gasteiger charge is 2.40. The molecule has 0 spiro atoms. The van der Waals surface area contributed by atoms with Crippen molar-refractivity contribution in [2.45, 2.75) is 25.0 Å². The fraction of sp³-hybridized carbons (Fsp3) is 0.846. The average Bonchev–Trinajstić information content (AvgIpc) is 2.61. The molecule has 4 unspecified atom stereocenters. The lowest BCUT2D eigenvalue weighted by Crippen LogP contribution is -2.53. The van der Waals surface area contributed by atoms with Crippen LogP contribution in [0.4, 0.5) is 0 Å². The van der Waals surface area contributed by atoms with E-state index in [0.717, 1.165) is 44.1 Å². The number of rotatable bonds is 3. The zero-order valence-corrected chi connectivity index (χ0v) is 10.1. The Bertz CT molecular complexity index is 279. The van der Waals surface area contributed by atoms with E-state index in [9.17, 15) is 0 Å². The Kier molecular flexibility index (Phi) is 3.01. The summed E-state index contributed by atoms with van der Waals surface area (Å²) >= 11 is 0. The van der Waals surface area contributed by atoms with E-state index in [1.54, 1.807) is 0 Å². The van der Waals surface area contributed by atoms with Crippen LogP contribution in [0.25, 0.3) is 0 Å². The minimum atomic E-state index is 0.392. The maximum absolute atomic E-state index is 5.76. The molecule has 0 aromatic rings. The van der Waals surface area contributed by atoms with Crippen molar-refractivity contribution in [1.82, 2.24) is 10.2 Å². The van der Waals surface area contributed by atoms with E-state index >= 15 is 0 Å². The van der Waals surface area contributed by atoms with Crippen molar-refractivity contribution < 1.29 is 4.74 Å². The van der Waals surface area contributed by atoms with Crippen LogP contribution < -0.4 is 5.32 Å². The Balaban J connectivity index is 1.41. The molecular weight excluding hydrogens is 200 g/mol. The van der Waals surface area contributed by atoms with Crippen molar-refractivity contribution in [2.24, 2.45) is 11.8 Å². The number of ether oxygens (including phenoxy) is 1. The summed E-state index contributed by atoms with van der Waals surface area (Å²) in [5.41, 5.74) is 0. The van der Waals surface area contributed by atoms with E-state index in [1.807, 2.05) is 0 Å². The Hall–Kier alpha value is -0.380. The molecule has 0 bridgehead atoms. The van der Waals surface area contributed by atoms with Crippen molar-refractivity contribution in [3.05, 3.63) is 12.2 Å². The second-order valence-corrected chi connectivity index (χ2v) is 5.51. The van der Waals surface area contributed by atoms with Gasteiger partial charge in [0, 0.05) is 25.7 Å². The monoisotopic (exact) mass is 222 g/mol. The van der Waals surface area contributed by atoms with E-state index < -0.39 is 0 Å². The lowest BCUT2D eigenvalue weighted by molar-refractivity contribution is -0.0228. The van der Waals surface area contributed by atoms with Crippen LogP contribution in [0, 0.1) is 11.8 Å². The largest absolute Gasteiger partial charge is 0.374 e. The molecule has 3 aliphatic rings. The van der Waals surface area contributed by atoms with Crippen LogP contribution in [0.2, 0.25) is 0 Å². The van der Waals surface area contributed by atoms with E-state index in [2.05, 4.69) is 29.4 Å². The first-order valence-corrected chi connectivity index (χ1v) is 6.53. The van der Waals surface area contributed by atoms with Gasteiger partial charge in [-0.3, -0.25) is 0 Å². The van der Waals surface area contributed by atoms with Crippen molar-refractivity contribution >= 4 is 0 Å². The molecule has 0 amide bonds. The van der Waals surface area contributed by atoms with Gasteiger partial charge in [0.05, 0.1) is 12.7 Å². The van der Waals surface area contributed by atoms with Crippen LogP contribution in [0.15, 0.2) is 12.2 Å². The smallest absolute Gasteiger partial charge is 0.0826 e. The van der Waals surface area contributed by atoms with Gasteiger partial charge in [-0.05, 0) is 31.7 Å². The minimum Gasteiger partial charge on any atom is -0.374 e. The lowest BCUT2D eigenvalue weighted by Gasteiger charge is -2.42. The Morgan fingerprint density at radius 2 is 2.44 bits per heavy atom. The summed E-state index contributed by atoms with van der Waals surface area (Å²) in [6, 6.07) is 0.722. The molecule has 3 rings (SSSR count). The molecular formula is C13H22N2O. The van der Waals surface area contributed by atoms with Crippen LogP contribution in [-0.2, 0) is 4.74 Å². The second kappa shape index (κ2) is 4.47. The molecule has 4 atom stereocenters. The van der Waals surface area contributed by atoms with E-state index in [0.29, 0.717) is 6.10 Å². The predicted molar refractivity (Wildman–Crippen MR) is 64.4 cm³/mol. The van der Waals surface area contributed by atoms with Crippen molar-refractivity contribution in [2.75, 3.05) is 33.3 Å². The summed E-state index contributed by atoms with van der Waals surface area (Å²) in [6.07, 6.45) is 7.82. The molecule has 3 nitrogen and oxygen atoms in total. The highest BCUT2D eigenvalue weighted by molar-refractivity contribution is 5.12. The number of likely N-dealkylation sites (N-methyl/N-ethyl adjacent to an activating group) is 1. The summed E-state index contributed by atoms with van der Waals surface area (Å²) in [7, 11) is 2.18. The van der Waals surface area contributed by atoms with Crippen molar-refractivity contribution in [3.8, 4) is 0 Å². The molecule has 2 fully saturated rings. The Labute approximate surface area is 97.8 Å². The van der Waals surface area contributed by atoms with Gasteiger partial charge < -0.3 is 15.0 Å². The molecule has 1 aliphatic heterocycles. The van der Waals surface area contributed by atoms with Crippen molar-refractivity contribution in [3.63, 3.8) is 0 Å². The van der Waals surface area contributed by atoms with Gasteiger partial charge in [-0.2, -0.15) is 0 Å². The van der Waals surface area contributed by atoms with Crippen molar-refractivity contribution in [1.29, 1.82) is 0 Å². The van der Waals surface area contributed by atoms with Gasteiger partial charge in [0.25, 0.3) is 0 Å². The van der Waals surface area contributed by atoms with Crippen LogP contribution in [0.3, 0.4) is 0 Å². The van der Waals surface area contributed by atoms with E-state index in [1.165, 1.54) is 12.8 Å². The standard InChI is InChI=1S/C13H22N2O/c1-15-5-6-16-11(9-15)8-14-13-7-10-3-2-4-12(10)13/h2,4,10-14H,3,5-9H2,1H3. The summed E-state index contributed by atoms with van der Waals surface area (Å²) in [5, 5.41) is 3.68. The number of fused-ring (bicyclic) bond motifs is 1. The van der Waals surface area contributed by atoms with Gasteiger partial charge in [-0.15, -0.1) is 0 Å². The predicted octanol–water partition coefficient (Wildman–Crippen LogP) is 0.871. The molecule has 0 aromatic carbocycles. The third kappa shape index (κ3) is 2.04. The maximum atomic E-state index is 5.76. The number of morpholine rings is 1. The normalized spacial score (nSPS) is 43.1. The first-order chi connectivity index (χ1) is 7.83. The molecule has 1 heterocycles. The molecule has 0 aromatic heterocycles. The summed E-state index contributed by atoms with van der Waals surface area (Å²) in [5.74, 6) is 1.77. The third-order valence-electron chi connectivity index (χ3n) is 4.31. The SMILES string of the molecule is CN1CCOC(CNC2CC3CC=CC32)C1. The summed E-state index contributed by atoms with van der Waals surface area (Å²) in [4.78, 5) is 2.36. The number of hydrogen-bond donors (Lipinski definition) is 1. The quantitative estimate of drug-likeness (QED) is 0.717. The first-order valence-electron chi connectivity index (χ1n) is 6.53. The molecule has 1 N–H and O–H groups in total. The van der Waals surface area contributed by atoms with Crippen LogP contribution in [-0.4, -0.2) is 50.3 Å². The molecule has 1 saturated heterocycles. The van der Waals surface area contributed by atoms with E-state index in [4.69, 9.17) is 4.74 Å². The average molecular weight is 222 g/mol. The molecule has 1 saturated carbocycles. The van der Waals surface area contributed by atoms with Crippen LogP contribution in [0.5, 0.6) is 0 Å². The molecule has 90 valence electrons. The number of nitrogens with one attached hydrogen (secondary N) is 1. The first kappa shape index (κ1) is 10.8. The lowest BCUT2D eigenvalue weighted by atomic mass is 9.71. The van der Waals surface area contributed by atoms with Gasteiger partial charge in [0.2, 0.25) is 0 Å². The highest BCUT2D eigenvalue weighted by atomic mass is 16.5. The zero-order chi connectivity index (χ0) is 11.0. The van der Waals surface area contributed by atoms with Gasteiger partial charge in [-0.25, -0.2) is 0 Å². The fourth-order valence-corrected chi connectivity index (χ4v) is 3.22. The van der Waals surface area contributed by atoms with Gasteiger partial charge in [0.1, 0.15) is 0 Å². The highest BCUT2D eigenvalue weighted by Crippen LogP contribution is 2.42. The number of hydrogen-bond acceptors (Lipinski definition) is 3. The molecule has 16 heavy (non-hydrogen) atoms. The minimum absolute atomic E-state index is 0.392. The Morgan fingerprint density at radius 1 is 1.50 bits per heavy atom. The molecule has 3 heteroatoms. The van der Waals surface area contributed by atoms with Gasteiger partial charge in [0.15, 0.2) is 0 Å². The van der Waals surface area contributed by atoms with Crippen LogP contribution in [0.1, 0.15) is 12.8 Å². The topological polar surface area (TPSA) is 24.5 Å². The van der Waals surface area contributed by atoms with E-state index in [-0.39, 0.29) is 0 Å². The Morgan fingerprint density at radius 3 is 3.25 bits per heavy atom. The van der Waals surface area contributed by atoms with Crippen LogP contribution >= 0.6 is 0 Å². The summed E-state index contributed by atoms with van der Waals surface area (Å²) in [6.45, 7) is 4.06. The maximum Gasteiger partial charge on any atom is 0.0826 e. The molecule has 2 aliphatic carbocycles. The molecule has 0 radical (unpaired) electrons. The zero-order valence-electron chi connectivity index (χ0n) is 10.1. The number of nitrogens with zero attached hydrogens (tertiary/aromatic N) is 1. The van der Waals surface area contributed by atoms with Gasteiger partial charge >= 0.3 is 0 Å². The second-order valence-electron chi connectivity index (χ2n) is 5.51. The fourth-order valence-electron chi connectivity index (χ4n) is 3.22.